The van der Waals surface area contributed by atoms with Gasteiger partial charge >= 0.3 is 0 Å². The first-order chi connectivity index (χ1) is 13.7. The molecule has 2 fully saturated rings. The van der Waals surface area contributed by atoms with Crippen LogP contribution in [0, 0.1) is 25.7 Å². The van der Waals surface area contributed by atoms with Crippen LogP contribution in [0.2, 0.25) is 0 Å². The summed E-state index contributed by atoms with van der Waals surface area (Å²) in [6.45, 7) is 7.37. The molecular weight excluding hydrogens is 368 g/mol. The van der Waals surface area contributed by atoms with Crippen molar-refractivity contribution in [1.29, 1.82) is 0 Å². The average Bonchev–Trinajstić information content (AvgIpc) is 3.05. The van der Waals surface area contributed by atoms with Crippen molar-refractivity contribution in [2.75, 3.05) is 9.80 Å². The molecule has 1 spiro atoms. The smallest absolute Gasteiger partial charge is 0.231 e. The van der Waals surface area contributed by atoms with Crippen molar-refractivity contribution in [3.8, 4) is 11.5 Å². The Balaban J connectivity index is 1.91. The van der Waals surface area contributed by atoms with E-state index in [9.17, 15) is 19.8 Å². The highest BCUT2D eigenvalue weighted by atomic mass is 16.3. The van der Waals surface area contributed by atoms with Crippen molar-refractivity contribution in [3.05, 3.63) is 47.5 Å². The molecule has 6 heteroatoms. The number of phenolic OH excluding ortho intramolecular Hbond substituents is 2. The summed E-state index contributed by atoms with van der Waals surface area (Å²) in [7, 11) is 0. The molecular formula is C23H26N2O4. The molecule has 152 valence electrons. The first-order valence-electron chi connectivity index (χ1n) is 9.93. The molecule has 2 amide bonds. The summed E-state index contributed by atoms with van der Waals surface area (Å²) >= 11 is 0. The number of phenols is 2. The van der Waals surface area contributed by atoms with E-state index in [0.717, 1.165) is 0 Å². The first-order valence-corrected chi connectivity index (χ1v) is 9.93. The number of rotatable bonds is 2. The van der Waals surface area contributed by atoms with Crippen LogP contribution in [0.4, 0.5) is 11.4 Å². The van der Waals surface area contributed by atoms with Gasteiger partial charge in [-0.25, -0.2) is 0 Å². The number of hydrogen-bond donors (Lipinski definition) is 2. The van der Waals surface area contributed by atoms with Crippen molar-refractivity contribution < 1.29 is 19.8 Å². The van der Waals surface area contributed by atoms with Crippen LogP contribution in [0.5, 0.6) is 11.5 Å². The Morgan fingerprint density at radius 2 is 1.17 bits per heavy atom. The third kappa shape index (κ3) is 2.77. The summed E-state index contributed by atoms with van der Waals surface area (Å²) < 4.78 is 0. The van der Waals surface area contributed by atoms with Gasteiger partial charge < -0.3 is 10.2 Å². The van der Waals surface area contributed by atoms with Crippen LogP contribution in [0.25, 0.3) is 0 Å². The van der Waals surface area contributed by atoms with Gasteiger partial charge in [0.15, 0.2) is 0 Å². The fraction of sp³-hybridized carbons (Fsp3) is 0.391. The predicted molar refractivity (Wildman–Crippen MR) is 111 cm³/mol. The zero-order valence-electron chi connectivity index (χ0n) is 17.1. The van der Waals surface area contributed by atoms with E-state index in [0.29, 0.717) is 35.3 Å². The van der Waals surface area contributed by atoms with E-state index >= 15 is 0 Å². The van der Waals surface area contributed by atoms with Gasteiger partial charge in [0.2, 0.25) is 11.8 Å². The lowest BCUT2D eigenvalue weighted by molar-refractivity contribution is -0.120. The predicted octanol–water partition coefficient (Wildman–Crippen LogP) is 3.86. The molecule has 2 aromatic carbocycles. The number of amides is 2. The van der Waals surface area contributed by atoms with Gasteiger partial charge in [0.05, 0.1) is 0 Å². The van der Waals surface area contributed by atoms with Crippen molar-refractivity contribution >= 4 is 23.2 Å². The third-order valence-corrected chi connectivity index (χ3v) is 6.26. The average molecular weight is 394 g/mol. The van der Waals surface area contributed by atoms with Gasteiger partial charge in [0.25, 0.3) is 0 Å². The summed E-state index contributed by atoms with van der Waals surface area (Å²) in [4.78, 5) is 30.0. The lowest BCUT2D eigenvalue weighted by Crippen LogP contribution is -2.56. The Kier molecular flexibility index (Phi) is 4.33. The molecule has 0 saturated carbocycles. The van der Waals surface area contributed by atoms with Gasteiger partial charge in [-0.3, -0.25) is 19.4 Å². The molecule has 0 bridgehead atoms. The maximum Gasteiger partial charge on any atom is 0.231 e. The number of aromatic hydroxyl groups is 2. The van der Waals surface area contributed by atoms with Gasteiger partial charge in [0, 0.05) is 36.1 Å². The van der Waals surface area contributed by atoms with Crippen LogP contribution < -0.4 is 9.80 Å². The number of anilines is 2. The van der Waals surface area contributed by atoms with E-state index in [-0.39, 0.29) is 35.1 Å². The quantitative estimate of drug-likeness (QED) is 0.811. The van der Waals surface area contributed by atoms with Gasteiger partial charge in [0.1, 0.15) is 17.2 Å². The third-order valence-electron chi connectivity index (χ3n) is 6.26. The van der Waals surface area contributed by atoms with Crippen molar-refractivity contribution in [1.82, 2.24) is 0 Å². The van der Waals surface area contributed by atoms with E-state index in [1.54, 1.807) is 60.0 Å². The minimum Gasteiger partial charge on any atom is -0.508 e. The SMILES string of the molecule is Cc1cc(N2C(=O)C(C)CC23CC(C)C(=O)N3c2ccc(O)c(C)c2)ccc1O. The summed E-state index contributed by atoms with van der Waals surface area (Å²) in [6, 6.07) is 10.2. The van der Waals surface area contributed by atoms with E-state index < -0.39 is 5.66 Å². The van der Waals surface area contributed by atoms with Crippen LogP contribution in [0.1, 0.15) is 37.8 Å². The molecule has 0 radical (unpaired) electrons. The number of hydrogen-bond acceptors (Lipinski definition) is 4. The van der Waals surface area contributed by atoms with Crippen LogP contribution in [-0.2, 0) is 9.59 Å². The highest BCUT2D eigenvalue weighted by Gasteiger charge is 2.60. The maximum absolute atomic E-state index is 13.3. The molecule has 2 aliphatic rings. The van der Waals surface area contributed by atoms with Crippen LogP contribution >= 0.6 is 0 Å². The first kappa shape index (κ1) is 19.3. The number of carbonyl (C=O) groups excluding carboxylic acids is 2. The Hall–Kier alpha value is -3.02. The van der Waals surface area contributed by atoms with Gasteiger partial charge in [-0.15, -0.1) is 0 Å². The highest BCUT2D eigenvalue weighted by Crippen LogP contribution is 2.51. The lowest BCUT2D eigenvalue weighted by atomic mass is 9.95. The van der Waals surface area contributed by atoms with E-state index in [1.807, 2.05) is 13.8 Å². The summed E-state index contributed by atoms with van der Waals surface area (Å²) in [6.07, 6.45) is 1.06. The number of aryl methyl sites for hydroxylation is 2. The molecule has 4 rings (SSSR count). The molecule has 0 aliphatic carbocycles. The minimum absolute atomic E-state index is 0.0301. The second-order valence-corrected chi connectivity index (χ2v) is 8.48. The largest absolute Gasteiger partial charge is 0.508 e. The summed E-state index contributed by atoms with van der Waals surface area (Å²) in [5.74, 6) is -0.186. The Labute approximate surface area is 170 Å². The lowest BCUT2D eigenvalue weighted by Gasteiger charge is -2.42. The summed E-state index contributed by atoms with van der Waals surface area (Å²) in [5, 5.41) is 19.9. The molecule has 2 heterocycles. The van der Waals surface area contributed by atoms with Gasteiger partial charge in [-0.05, 0) is 61.4 Å². The van der Waals surface area contributed by atoms with Crippen LogP contribution in [0.3, 0.4) is 0 Å². The molecule has 2 atom stereocenters. The van der Waals surface area contributed by atoms with Crippen molar-refractivity contribution in [3.63, 3.8) is 0 Å². The Morgan fingerprint density at radius 1 is 0.793 bits per heavy atom. The second kappa shape index (κ2) is 6.51. The summed E-state index contributed by atoms with van der Waals surface area (Å²) in [5.41, 5.74) is 1.90. The monoisotopic (exact) mass is 394 g/mol. The van der Waals surface area contributed by atoms with Crippen molar-refractivity contribution in [2.24, 2.45) is 11.8 Å². The normalized spacial score (nSPS) is 26.8. The fourth-order valence-electron chi connectivity index (χ4n) is 4.85. The zero-order valence-corrected chi connectivity index (χ0v) is 17.1. The van der Waals surface area contributed by atoms with Crippen LogP contribution in [0.15, 0.2) is 36.4 Å². The number of carbonyl (C=O) groups is 2. The minimum atomic E-state index is -0.806. The number of benzene rings is 2. The number of nitrogens with zero attached hydrogens (tertiary/aromatic N) is 2. The van der Waals surface area contributed by atoms with E-state index in [1.165, 1.54) is 0 Å². The standard InChI is InChI=1S/C23H26N2O4/c1-13-9-17(5-7-19(13)26)24-21(28)15(3)11-23(24)12-16(4)22(29)25(23)18-6-8-20(27)14(2)10-18/h5-10,15-16,26-27H,11-12H2,1-4H3. The second-order valence-electron chi connectivity index (χ2n) is 8.48. The topological polar surface area (TPSA) is 81.1 Å². The molecule has 6 nitrogen and oxygen atoms in total. The van der Waals surface area contributed by atoms with Gasteiger partial charge in [-0.2, -0.15) is 0 Å². The molecule has 2 N–H and O–H groups in total. The van der Waals surface area contributed by atoms with Crippen LogP contribution in [-0.4, -0.2) is 27.7 Å². The molecule has 29 heavy (non-hydrogen) atoms. The zero-order chi connectivity index (χ0) is 21.1. The molecule has 0 aromatic heterocycles. The Bertz CT molecular complexity index is 934. The highest BCUT2D eigenvalue weighted by molar-refractivity contribution is 6.07. The fourth-order valence-corrected chi connectivity index (χ4v) is 4.85. The molecule has 2 saturated heterocycles. The molecule has 2 unspecified atom stereocenters. The van der Waals surface area contributed by atoms with Gasteiger partial charge in [-0.1, -0.05) is 13.8 Å². The van der Waals surface area contributed by atoms with Crippen molar-refractivity contribution in [2.45, 2.75) is 46.2 Å². The maximum atomic E-state index is 13.3. The van der Waals surface area contributed by atoms with E-state index in [4.69, 9.17) is 0 Å². The van der Waals surface area contributed by atoms with E-state index in [2.05, 4.69) is 0 Å². The molecule has 2 aliphatic heterocycles. The molecule has 2 aromatic rings. The Morgan fingerprint density at radius 3 is 1.52 bits per heavy atom.